The standard InChI is InChI=1S/C20H25N5O2S/c21-19(27)20(14-7-1-2-8-14,17-11-5-6-12-22-17)25(15-9-3-4-10-15)18(26)16-13-28-24-23-16/h5-6,11-15H,1-4,7-10H2,(H2,21,27). The van der Waals surface area contributed by atoms with Gasteiger partial charge in [0, 0.05) is 17.6 Å². The largest absolute Gasteiger partial charge is 0.367 e. The Balaban J connectivity index is 1.92. The zero-order chi connectivity index (χ0) is 19.6. The summed E-state index contributed by atoms with van der Waals surface area (Å²) in [5, 5.41) is 5.65. The van der Waals surface area contributed by atoms with E-state index in [0.717, 1.165) is 62.9 Å². The molecule has 0 aliphatic heterocycles. The predicted molar refractivity (Wildman–Crippen MR) is 105 cm³/mol. The number of amides is 2. The number of nitrogens with zero attached hydrogens (tertiary/aromatic N) is 4. The summed E-state index contributed by atoms with van der Waals surface area (Å²) < 4.78 is 3.86. The van der Waals surface area contributed by atoms with E-state index in [0.29, 0.717) is 5.69 Å². The highest BCUT2D eigenvalue weighted by atomic mass is 32.1. The number of rotatable bonds is 6. The average molecular weight is 400 g/mol. The molecule has 7 nitrogen and oxygen atoms in total. The SMILES string of the molecule is NC(=O)C(c1ccccn1)(C1CCCC1)N(C(=O)c1csnn1)C1CCCC1. The molecule has 148 valence electrons. The molecular formula is C20H25N5O2S. The quantitative estimate of drug-likeness (QED) is 0.805. The van der Waals surface area contributed by atoms with E-state index in [1.54, 1.807) is 16.5 Å². The number of hydrogen-bond donors (Lipinski definition) is 1. The number of aromatic nitrogens is 3. The van der Waals surface area contributed by atoms with Crippen LogP contribution in [0.25, 0.3) is 0 Å². The summed E-state index contributed by atoms with van der Waals surface area (Å²) in [4.78, 5) is 33.2. The van der Waals surface area contributed by atoms with Crippen molar-refractivity contribution in [2.24, 2.45) is 11.7 Å². The first-order valence-corrected chi connectivity index (χ1v) is 10.8. The Hall–Kier alpha value is -2.35. The van der Waals surface area contributed by atoms with Gasteiger partial charge in [-0.2, -0.15) is 0 Å². The van der Waals surface area contributed by atoms with Gasteiger partial charge >= 0.3 is 0 Å². The third kappa shape index (κ3) is 3.09. The van der Waals surface area contributed by atoms with Gasteiger partial charge in [-0.1, -0.05) is 36.2 Å². The van der Waals surface area contributed by atoms with Gasteiger partial charge in [-0.15, -0.1) is 5.10 Å². The van der Waals surface area contributed by atoms with Crippen LogP contribution in [0.15, 0.2) is 29.8 Å². The van der Waals surface area contributed by atoms with Gasteiger partial charge in [0.1, 0.15) is 0 Å². The maximum Gasteiger partial charge on any atom is 0.276 e. The summed E-state index contributed by atoms with van der Waals surface area (Å²) in [6.07, 6.45) is 9.21. The second-order valence-corrected chi connectivity index (χ2v) is 8.34. The van der Waals surface area contributed by atoms with Crippen molar-refractivity contribution in [1.82, 2.24) is 19.5 Å². The van der Waals surface area contributed by atoms with Gasteiger partial charge in [-0.3, -0.25) is 14.6 Å². The number of carbonyl (C=O) groups excluding carboxylic acids is 2. The molecule has 4 rings (SSSR count). The van der Waals surface area contributed by atoms with Crippen LogP contribution in [0, 0.1) is 5.92 Å². The van der Waals surface area contributed by atoms with Crippen molar-refractivity contribution in [2.45, 2.75) is 62.9 Å². The Kier molecular flexibility index (Phi) is 5.39. The first kappa shape index (κ1) is 19.0. The molecule has 2 fully saturated rings. The summed E-state index contributed by atoms with van der Waals surface area (Å²) in [5.74, 6) is -0.811. The molecule has 2 aliphatic rings. The molecule has 2 amide bonds. The molecule has 2 saturated carbocycles. The normalized spacial score (nSPS) is 20.1. The van der Waals surface area contributed by atoms with Crippen LogP contribution in [0.4, 0.5) is 0 Å². The Labute approximate surface area is 168 Å². The van der Waals surface area contributed by atoms with Crippen molar-refractivity contribution in [3.63, 3.8) is 0 Å². The highest BCUT2D eigenvalue weighted by molar-refractivity contribution is 7.03. The summed E-state index contributed by atoms with van der Waals surface area (Å²) in [7, 11) is 0. The average Bonchev–Trinajstić information content (AvgIpc) is 3.49. The predicted octanol–water partition coefficient (Wildman–Crippen LogP) is 2.89. The topological polar surface area (TPSA) is 102 Å². The van der Waals surface area contributed by atoms with Crippen molar-refractivity contribution in [3.05, 3.63) is 41.2 Å². The molecule has 0 saturated heterocycles. The van der Waals surface area contributed by atoms with Crippen LogP contribution in [0.2, 0.25) is 0 Å². The lowest BCUT2D eigenvalue weighted by Crippen LogP contribution is -2.64. The third-order valence-electron chi connectivity index (χ3n) is 6.24. The molecule has 0 bridgehead atoms. The Morgan fingerprint density at radius 3 is 2.39 bits per heavy atom. The van der Waals surface area contributed by atoms with E-state index in [1.165, 1.54) is 0 Å². The maximum atomic E-state index is 13.7. The monoisotopic (exact) mass is 399 g/mol. The lowest BCUT2D eigenvalue weighted by atomic mass is 9.75. The minimum absolute atomic E-state index is 0.0453. The summed E-state index contributed by atoms with van der Waals surface area (Å²) in [5.41, 5.74) is 5.72. The van der Waals surface area contributed by atoms with E-state index >= 15 is 0 Å². The molecule has 0 spiro atoms. The molecule has 2 aromatic rings. The minimum atomic E-state index is -1.26. The van der Waals surface area contributed by atoms with E-state index in [2.05, 4.69) is 14.6 Å². The van der Waals surface area contributed by atoms with Crippen molar-refractivity contribution >= 4 is 23.3 Å². The van der Waals surface area contributed by atoms with E-state index in [4.69, 9.17) is 5.73 Å². The van der Waals surface area contributed by atoms with E-state index in [9.17, 15) is 9.59 Å². The first-order chi connectivity index (χ1) is 13.7. The van der Waals surface area contributed by atoms with Gasteiger partial charge < -0.3 is 10.6 Å². The smallest absolute Gasteiger partial charge is 0.276 e. The molecule has 28 heavy (non-hydrogen) atoms. The number of primary amides is 1. The fraction of sp³-hybridized carbons (Fsp3) is 0.550. The number of nitrogens with two attached hydrogens (primary N) is 1. The fourth-order valence-electron chi connectivity index (χ4n) is 5.06. The molecule has 2 aromatic heterocycles. The van der Waals surface area contributed by atoms with Gasteiger partial charge in [0.05, 0.1) is 5.69 Å². The lowest BCUT2D eigenvalue weighted by molar-refractivity contribution is -0.135. The van der Waals surface area contributed by atoms with Crippen LogP contribution in [0.5, 0.6) is 0 Å². The number of carbonyl (C=O) groups is 2. The van der Waals surface area contributed by atoms with Gasteiger partial charge in [-0.25, -0.2) is 0 Å². The van der Waals surface area contributed by atoms with Crippen LogP contribution >= 0.6 is 11.5 Å². The fourth-order valence-corrected chi connectivity index (χ4v) is 5.49. The van der Waals surface area contributed by atoms with E-state index < -0.39 is 11.4 Å². The summed E-state index contributed by atoms with van der Waals surface area (Å²) in [6, 6.07) is 5.45. The maximum absolute atomic E-state index is 13.7. The van der Waals surface area contributed by atoms with Crippen LogP contribution in [-0.2, 0) is 10.3 Å². The molecule has 2 N–H and O–H groups in total. The Bertz CT molecular complexity index is 816. The second kappa shape index (κ2) is 7.95. The Morgan fingerprint density at radius 1 is 1.11 bits per heavy atom. The van der Waals surface area contributed by atoms with Crippen molar-refractivity contribution in [1.29, 1.82) is 0 Å². The van der Waals surface area contributed by atoms with Crippen molar-refractivity contribution < 1.29 is 9.59 Å². The molecule has 1 unspecified atom stereocenters. The van der Waals surface area contributed by atoms with Crippen LogP contribution < -0.4 is 5.73 Å². The molecular weight excluding hydrogens is 374 g/mol. The third-order valence-corrected chi connectivity index (χ3v) is 6.75. The lowest BCUT2D eigenvalue weighted by Gasteiger charge is -2.47. The zero-order valence-corrected chi connectivity index (χ0v) is 16.6. The molecule has 0 aromatic carbocycles. The van der Waals surface area contributed by atoms with Crippen LogP contribution in [0.1, 0.15) is 67.5 Å². The molecule has 2 aliphatic carbocycles. The molecule has 8 heteroatoms. The highest BCUT2D eigenvalue weighted by Gasteiger charge is 2.56. The van der Waals surface area contributed by atoms with Gasteiger partial charge in [0.15, 0.2) is 11.2 Å². The Morgan fingerprint density at radius 2 is 1.82 bits per heavy atom. The molecule has 0 radical (unpaired) electrons. The highest BCUT2D eigenvalue weighted by Crippen LogP contribution is 2.47. The molecule has 1 atom stereocenters. The van der Waals surface area contributed by atoms with Gasteiger partial charge in [0.25, 0.3) is 5.91 Å². The number of pyridine rings is 1. The van der Waals surface area contributed by atoms with Crippen molar-refractivity contribution in [3.8, 4) is 0 Å². The minimum Gasteiger partial charge on any atom is -0.367 e. The first-order valence-electron chi connectivity index (χ1n) is 9.98. The summed E-state index contributed by atoms with van der Waals surface area (Å²) >= 11 is 1.13. The van der Waals surface area contributed by atoms with Crippen LogP contribution in [-0.4, -0.2) is 37.3 Å². The zero-order valence-electron chi connectivity index (χ0n) is 15.8. The van der Waals surface area contributed by atoms with Gasteiger partial charge in [-0.05, 0) is 55.3 Å². The van der Waals surface area contributed by atoms with E-state index in [-0.39, 0.29) is 23.6 Å². The van der Waals surface area contributed by atoms with Crippen molar-refractivity contribution in [2.75, 3.05) is 0 Å². The number of hydrogen-bond acceptors (Lipinski definition) is 6. The second-order valence-electron chi connectivity index (χ2n) is 7.73. The molecule has 2 heterocycles. The van der Waals surface area contributed by atoms with E-state index in [1.807, 2.05) is 18.2 Å². The van der Waals surface area contributed by atoms with Gasteiger partial charge in [0.2, 0.25) is 5.91 Å². The van der Waals surface area contributed by atoms with Crippen LogP contribution in [0.3, 0.4) is 0 Å². The summed E-state index contributed by atoms with van der Waals surface area (Å²) in [6.45, 7) is 0.